The quantitative estimate of drug-likeness (QED) is 0.229. The minimum atomic E-state index is -4.96. The zero-order chi connectivity index (χ0) is 32.6. The summed E-state index contributed by atoms with van der Waals surface area (Å²) in [5, 5.41) is 0. The number of carbonyl (C=O) groups is 1. The lowest BCUT2D eigenvalue weighted by Gasteiger charge is -2.31. The minimum absolute atomic E-state index is 0.142. The molecule has 2 aromatic heterocycles. The van der Waals surface area contributed by atoms with E-state index < -0.39 is 87.2 Å². The first kappa shape index (κ1) is 33.5. The van der Waals surface area contributed by atoms with Crippen molar-refractivity contribution in [3.8, 4) is 11.3 Å². The van der Waals surface area contributed by atoms with Gasteiger partial charge in [-0.1, -0.05) is 0 Å². The largest absolute Gasteiger partial charge is 0.451 e. The maximum absolute atomic E-state index is 14.9. The molecule has 0 N–H and O–H groups in total. The minimum Gasteiger partial charge on any atom is -0.328 e. The predicted octanol–water partition coefficient (Wildman–Crippen LogP) is 5.55. The molecule has 1 fully saturated rings. The van der Waals surface area contributed by atoms with Crippen LogP contribution in [0.3, 0.4) is 0 Å². The highest BCUT2D eigenvalue weighted by Gasteiger charge is 2.50. The Labute approximate surface area is 250 Å². The van der Waals surface area contributed by atoms with Crippen molar-refractivity contribution in [2.75, 3.05) is 12.1 Å². The number of rotatable bonds is 8. The molecule has 0 radical (unpaired) electrons. The van der Waals surface area contributed by atoms with Gasteiger partial charge in [0.2, 0.25) is 21.8 Å². The highest BCUT2D eigenvalue weighted by Crippen LogP contribution is 2.37. The standard InChI is InChI=1S/C26H23F8N5O3S2/c1-14-20(28)8-22(39(14)44(41,42)18-5-3-17(27)4-6-18)23(40)38(13-43-2)12-15-7-21(35-11-19(15)25(29,30)31)16-9-36-24(37-10-16)26(32,33)34/h3-7,9-11,14,20,22H,8,12-13H2,1-2H3/t14-,20+,22-/m0/s1. The van der Waals surface area contributed by atoms with Gasteiger partial charge in [0.15, 0.2) is 0 Å². The number of alkyl halides is 7. The van der Waals surface area contributed by atoms with Crippen LogP contribution in [0.15, 0.2) is 53.8 Å². The molecule has 1 aliphatic rings. The molecule has 8 nitrogen and oxygen atoms in total. The van der Waals surface area contributed by atoms with E-state index in [1.165, 1.54) is 13.2 Å². The Morgan fingerprint density at radius 2 is 1.64 bits per heavy atom. The van der Waals surface area contributed by atoms with Gasteiger partial charge in [0.25, 0.3) is 0 Å². The van der Waals surface area contributed by atoms with Crippen LogP contribution in [0.4, 0.5) is 35.1 Å². The summed E-state index contributed by atoms with van der Waals surface area (Å²) >= 11 is 1.02. The number of amides is 1. The van der Waals surface area contributed by atoms with E-state index in [1.807, 2.05) is 0 Å². The lowest BCUT2D eigenvalue weighted by Crippen LogP contribution is -2.49. The van der Waals surface area contributed by atoms with Gasteiger partial charge in [-0.2, -0.15) is 30.6 Å². The number of hydrogen-bond acceptors (Lipinski definition) is 7. The van der Waals surface area contributed by atoms with E-state index in [4.69, 9.17) is 0 Å². The second kappa shape index (κ2) is 12.5. The Kier molecular flexibility index (Phi) is 9.56. The number of thioether (sulfide) groups is 1. The van der Waals surface area contributed by atoms with Crippen LogP contribution in [0.25, 0.3) is 11.3 Å². The van der Waals surface area contributed by atoms with Gasteiger partial charge in [-0.15, -0.1) is 11.8 Å². The fourth-order valence-electron chi connectivity index (χ4n) is 4.69. The molecule has 4 rings (SSSR count). The van der Waals surface area contributed by atoms with E-state index >= 15 is 0 Å². The van der Waals surface area contributed by atoms with Gasteiger partial charge in [0, 0.05) is 37.1 Å². The van der Waals surface area contributed by atoms with Crippen molar-refractivity contribution in [3.05, 3.63) is 71.7 Å². The first-order valence-electron chi connectivity index (χ1n) is 12.6. The number of carbonyl (C=O) groups excluding carboxylic acids is 1. The lowest BCUT2D eigenvalue weighted by atomic mass is 10.1. The van der Waals surface area contributed by atoms with E-state index in [2.05, 4.69) is 15.0 Å². The number of sulfonamides is 1. The maximum atomic E-state index is 14.9. The molecule has 44 heavy (non-hydrogen) atoms. The van der Waals surface area contributed by atoms with Crippen LogP contribution in [0.1, 0.15) is 30.3 Å². The number of hydrogen-bond donors (Lipinski definition) is 0. The van der Waals surface area contributed by atoms with Crippen molar-refractivity contribution < 1.29 is 48.3 Å². The lowest BCUT2D eigenvalue weighted by molar-refractivity contribution is -0.145. The number of benzene rings is 1. The van der Waals surface area contributed by atoms with Crippen LogP contribution in [-0.2, 0) is 33.7 Å². The zero-order valence-electron chi connectivity index (χ0n) is 22.8. The van der Waals surface area contributed by atoms with E-state index in [9.17, 15) is 48.3 Å². The van der Waals surface area contributed by atoms with Crippen LogP contribution in [0.5, 0.6) is 0 Å². The molecule has 0 spiro atoms. The first-order chi connectivity index (χ1) is 20.4. The number of pyridine rings is 1. The summed E-state index contributed by atoms with van der Waals surface area (Å²) in [6.45, 7) is 0.499. The molecule has 1 aliphatic heterocycles. The average Bonchev–Trinajstić information content (AvgIpc) is 3.26. The van der Waals surface area contributed by atoms with Gasteiger partial charge < -0.3 is 4.90 Å². The molecule has 0 saturated carbocycles. The maximum Gasteiger partial charge on any atom is 0.451 e. The van der Waals surface area contributed by atoms with Gasteiger partial charge in [0.1, 0.15) is 18.0 Å². The van der Waals surface area contributed by atoms with E-state index in [-0.39, 0.29) is 17.1 Å². The Morgan fingerprint density at radius 3 is 2.18 bits per heavy atom. The van der Waals surface area contributed by atoms with Gasteiger partial charge in [0.05, 0.1) is 28.1 Å². The summed E-state index contributed by atoms with van der Waals surface area (Å²) < 4.78 is 136. The Bertz CT molecular complexity index is 1600. The van der Waals surface area contributed by atoms with Crippen LogP contribution in [0.2, 0.25) is 0 Å². The second-order valence-electron chi connectivity index (χ2n) is 9.77. The van der Waals surface area contributed by atoms with E-state index in [1.54, 1.807) is 0 Å². The number of nitrogens with zero attached hydrogens (tertiary/aromatic N) is 5. The van der Waals surface area contributed by atoms with Crippen molar-refractivity contribution in [1.29, 1.82) is 0 Å². The smallest absolute Gasteiger partial charge is 0.328 e. The van der Waals surface area contributed by atoms with E-state index in [0.29, 0.717) is 10.5 Å². The summed E-state index contributed by atoms with van der Waals surface area (Å²) in [7, 11) is -4.55. The third-order valence-corrected chi connectivity index (χ3v) is 9.39. The molecule has 3 aromatic rings. The molecule has 3 heterocycles. The molecular formula is C26H23F8N5O3S2. The Balaban J connectivity index is 1.72. The molecule has 0 unspecified atom stereocenters. The second-order valence-corrected chi connectivity index (χ2v) is 12.4. The van der Waals surface area contributed by atoms with Gasteiger partial charge in [-0.3, -0.25) is 9.78 Å². The zero-order valence-corrected chi connectivity index (χ0v) is 24.4. The third kappa shape index (κ3) is 6.96. The molecule has 0 bridgehead atoms. The fraction of sp³-hybridized carbons (Fsp3) is 0.385. The summed E-state index contributed by atoms with van der Waals surface area (Å²) in [6, 6.07) is 1.59. The molecule has 1 saturated heterocycles. The van der Waals surface area contributed by atoms with Crippen LogP contribution < -0.4 is 0 Å². The summed E-state index contributed by atoms with van der Waals surface area (Å²) in [5.41, 5.74) is -2.14. The first-order valence-corrected chi connectivity index (χ1v) is 15.4. The van der Waals surface area contributed by atoms with Gasteiger partial charge >= 0.3 is 12.4 Å². The van der Waals surface area contributed by atoms with Crippen molar-refractivity contribution in [2.24, 2.45) is 0 Å². The normalized spacial score (nSPS) is 19.7. The SMILES string of the molecule is CSCN(Cc1cc(-c2cnc(C(F)(F)F)nc2)ncc1C(F)(F)F)C(=O)[C@@H]1C[C@@H](F)[C@H](C)N1S(=O)(=O)c1ccc(F)cc1. The molecule has 3 atom stereocenters. The molecular weight excluding hydrogens is 646 g/mol. The van der Waals surface area contributed by atoms with Crippen LogP contribution in [-0.4, -0.2) is 68.9 Å². The molecule has 1 aromatic carbocycles. The Morgan fingerprint density at radius 1 is 1.02 bits per heavy atom. The van der Waals surface area contributed by atoms with Crippen molar-refractivity contribution >= 4 is 27.7 Å². The highest BCUT2D eigenvalue weighted by molar-refractivity contribution is 7.98. The topological polar surface area (TPSA) is 96.4 Å². The molecule has 238 valence electrons. The van der Waals surface area contributed by atoms with Crippen LogP contribution >= 0.6 is 11.8 Å². The predicted molar refractivity (Wildman–Crippen MR) is 142 cm³/mol. The van der Waals surface area contributed by atoms with Crippen LogP contribution in [0, 0.1) is 5.82 Å². The highest BCUT2D eigenvalue weighted by atomic mass is 32.2. The molecule has 0 aliphatic carbocycles. The summed E-state index contributed by atoms with van der Waals surface area (Å²) in [4.78, 5) is 24.4. The van der Waals surface area contributed by atoms with Crippen molar-refractivity contribution in [1.82, 2.24) is 24.2 Å². The number of halogens is 8. The average molecular weight is 670 g/mol. The fourth-order valence-corrected chi connectivity index (χ4v) is 7.02. The molecule has 1 amide bonds. The summed E-state index contributed by atoms with van der Waals surface area (Å²) in [5.74, 6) is -3.42. The van der Waals surface area contributed by atoms with Gasteiger partial charge in [-0.05, 0) is 49.1 Å². The Hall–Kier alpha value is -3.38. The summed E-state index contributed by atoms with van der Waals surface area (Å²) in [6.07, 6.45) is -8.75. The third-order valence-electron chi connectivity index (χ3n) is 6.81. The van der Waals surface area contributed by atoms with E-state index in [0.717, 1.165) is 59.4 Å². The molecule has 18 heteroatoms. The number of aromatic nitrogens is 3. The van der Waals surface area contributed by atoms with Crippen molar-refractivity contribution in [3.63, 3.8) is 0 Å². The monoisotopic (exact) mass is 669 g/mol. The van der Waals surface area contributed by atoms with Crippen molar-refractivity contribution in [2.45, 2.75) is 55.4 Å². The van der Waals surface area contributed by atoms with Gasteiger partial charge in [-0.25, -0.2) is 27.2 Å².